The fraction of sp³-hybridized carbons (Fsp3) is 0.636. The van der Waals surface area contributed by atoms with Crippen LogP contribution in [-0.4, -0.2) is 29.4 Å². The minimum Gasteiger partial charge on any atom is -0.382 e. The average Bonchev–Trinajstić information content (AvgIpc) is 2.60. The van der Waals surface area contributed by atoms with Gasteiger partial charge in [-0.3, -0.25) is 14.3 Å². The summed E-state index contributed by atoms with van der Waals surface area (Å²) in [7, 11) is 1.62. The molecule has 0 spiro atoms. The molecule has 94 valence electrons. The summed E-state index contributed by atoms with van der Waals surface area (Å²) in [6.07, 6.45) is 1.97. The van der Waals surface area contributed by atoms with Gasteiger partial charge in [0.25, 0.3) is 5.56 Å². The smallest absolute Gasteiger partial charge is 0.330 e. The third-order valence-corrected chi connectivity index (χ3v) is 2.93. The molecule has 0 aliphatic carbocycles. The van der Waals surface area contributed by atoms with Crippen molar-refractivity contribution in [2.24, 2.45) is 5.92 Å². The van der Waals surface area contributed by atoms with E-state index in [1.165, 1.54) is 16.8 Å². The molecule has 17 heavy (non-hydrogen) atoms. The molecule has 0 bridgehead atoms. The zero-order valence-electron chi connectivity index (χ0n) is 9.88. The number of aromatic amines is 1. The average molecular weight is 240 g/mol. The van der Waals surface area contributed by atoms with E-state index >= 15 is 0 Å². The molecule has 2 heterocycles. The van der Waals surface area contributed by atoms with Crippen molar-refractivity contribution in [2.75, 3.05) is 13.7 Å². The van der Waals surface area contributed by atoms with Crippen LogP contribution in [0.5, 0.6) is 0 Å². The number of hydrogen-bond donors (Lipinski definition) is 1. The molecule has 1 N–H and O–H groups in total. The van der Waals surface area contributed by atoms with E-state index in [9.17, 15) is 9.59 Å². The predicted molar refractivity (Wildman–Crippen MR) is 60.9 cm³/mol. The van der Waals surface area contributed by atoms with Crippen LogP contribution in [0.25, 0.3) is 0 Å². The number of H-pyrrole nitrogens is 1. The van der Waals surface area contributed by atoms with Crippen LogP contribution < -0.4 is 11.2 Å². The highest BCUT2D eigenvalue weighted by Gasteiger charge is 2.33. The Hall–Kier alpha value is -1.40. The van der Waals surface area contributed by atoms with Gasteiger partial charge in [-0.05, 0) is 6.42 Å². The van der Waals surface area contributed by atoms with Crippen LogP contribution in [0.15, 0.2) is 21.9 Å². The molecule has 1 aromatic heterocycles. The summed E-state index contributed by atoms with van der Waals surface area (Å²) >= 11 is 0. The summed E-state index contributed by atoms with van der Waals surface area (Å²) in [5.41, 5.74) is -0.835. The number of nitrogens with zero attached hydrogens (tertiary/aromatic N) is 1. The summed E-state index contributed by atoms with van der Waals surface area (Å²) in [5, 5.41) is 0. The second kappa shape index (κ2) is 4.85. The van der Waals surface area contributed by atoms with Gasteiger partial charge >= 0.3 is 5.69 Å². The van der Waals surface area contributed by atoms with Crippen molar-refractivity contribution in [1.82, 2.24) is 9.55 Å². The van der Waals surface area contributed by atoms with Crippen molar-refractivity contribution in [2.45, 2.75) is 25.7 Å². The van der Waals surface area contributed by atoms with E-state index in [0.717, 1.165) is 6.42 Å². The lowest BCUT2D eigenvalue weighted by Gasteiger charge is -2.17. The number of methoxy groups -OCH3 is 1. The van der Waals surface area contributed by atoms with E-state index in [1.54, 1.807) is 7.11 Å². The molecular weight excluding hydrogens is 224 g/mol. The Balaban J connectivity index is 2.23. The zero-order chi connectivity index (χ0) is 12.4. The monoisotopic (exact) mass is 240 g/mol. The molecule has 0 unspecified atom stereocenters. The van der Waals surface area contributed by atoms with Crippen LogP contribution >= 0.6 is 0 Å². The molecule has 6 heteroatoms. The zero-order valence-corrected chi connectivity index (χ0v) is 9.88. The molecule has 1 saturated heterocycles. The van der Waals surface area contributed by atoms with Gasteiger partial charge in [0.15, 0.2) is 0 Å². The van der Waals surface area contributed by atoms with Gasteiger partial charge in [-0.2, -0.15) is 0 Å². The minimum atomic E-state index is -0.438. The van der Waals surface area contributed by atoms with Gasteiger partial charge in [0, 0.05) is 25.3 Å². The highest BCUT2D eigenvalue weighted by atomic mass is 16.5. The van der Waals surface area contributed by atoms with Gasteiger partial charge in [0.05, 0.1) is 12.7 Å². The van der Waals surface area contributed by atoms with Gasteiger partial charge in [0.2, 0.25) is 0 Å². The van der Waals surface area contributed by atoms with Crippen LogP contribution in [0.3, 0.4) is 0 Å². The van der Waals surface area contributed by atoms with Gasteiger partial charge in [-0.1, -0.05) is 6.92 Å². The third kappa shape index (κ3) is 2.48. The Morgan fingerprint density at radius 1 is 1.59 bits per heavy atom. The maximum atomic E-state index is 11.6. The molecule has 2 rings (SSSR count). The third-order valence-electron chi connectivity index (χ3n) is 2.93. The van der Waals surface area contributed by atoms with Crippen LogP contribution in [0, 0.1) is 5.92 Å². The quantitative estimate of drug-likeness (QED) is 0.813. The highest BCUT2D eigenvalue weighted by molar-refractivity contribution is 4.87. The molecule has 1 aromatic rings. The van der Waals surface area contributed by atoms with Crippen LogP contribution in [0.2, 0.25) is 0 Å². The summed E-state index contributed by atoms with van der Waals surface area (Å²) in [6.45, 7) is 2.52. The molecule has 0 aromatic carbocycles. The van der Waals surface area contributed by atoms with Gasteiger partial charge in [-0.15, -0.1) is 0 Å². The Morgan fingerprint density at radius 2 is 2.35 bits per heavy atom. The molecule has 0 saturated carbocycles. The second-order valence-corrected chi connectivity index (χ2v) is 4.33. The lowest BCUT2D eigenvalue weighted by atomic mass is 10.1. The minimum absolute atomic E-state index is 0.00109. The van der Waals surface area contributed by atoms with Gasteiger partial charge in [-0.25, -0.2) is 4.79 Å². The molecule has 1 fully saturated rings. The SMILES string of the molecule is COC[C@@H]1C[C@H](C)[C@H](n2ccc(=O)[nH]c2=O)O1. The Labute approximate surface area is 98.2 Å². The number of hydrogen-bond acceptors (Lipinski definition) is 4. The molecule has 6 nitrogen and oxygen atoms in total. The molecule has 0 amide bonds. The summed E-state index contributed by atoms with van der Waals surface area (Å²) in [4.78, 5) is 24.8. The van der Waals surface area contributed by atoms with E-state index in [2.05, 4.69) is 4.98 Å². The van der Waals surface area contributed by atoms with Crippen molar-refractivity contribution in [1.29, 1.82) is 0 Å². The predicted octanol–water partition coefficient (Wildman–Crippen LogP) is 0.107. The molecule has 3 atom stereocenters. The van der Waals surface area contributed by atoms with E-state index in [0.29, 0.717) is 6.61 Å². The fourth-order valence-electron chi connectivity index (χ4n) is 2.18. The Kier molecular flexibility index (Phi) is 3.44. The first-order chi connectivity index (χ1) is 8.11. The summed E-state index contributed by atoms with van der Waals surface area (Å²) in [6, 6.07) is 1.32. The van der Waals surface area contributed by atoms with Crippen LogP contribution in [0.1, 0.15) is 19.6 Å². The second-order valence-electron chi connectivity index (χ2n) is 4.33. The largest absolute Gasteiger partial charge is 0.382 e. The Morgan fingerprint density at radius 3 is 3.00 bits per heavy atom. The maximum absolute atomic E-state index is 11.6. The van der Waals surface area contributed by atoms with Crippen molar-refractivity contribution < 1.29 is 9.47 Å². The first kappa shape index (κ1) is 12.1. The molecular formula is C11H16N2O4. The lowest BCUT2D eigenvalue weighted by Crippen LogP contribution is -2.33. The van der Waals surface area contributed by atoms with Gasteiger partial charge in [0.1, 0.15) is 6.23 Å². The van der Waals surface area contributed by atoms with Crippen molar-refractivity contribution in [3.8, 4) is 0 Å². The lowest BCUT2D eigenvalue weighted by molar-refractivity contribution is -0.0413. The van der Waals surface area contributed by atoms with E-state index in [-0.39, 0.29) is 18.2 Å². The topological polar surface area (TPSA) is 73.3 Å². The van der Waals surface area contributed by atoms with E-state index in [4.69, 9.17) is 9.47 Å². The van der Waals surface area contributed by atoms with Crippen molar-refractivity contribution >= 4 is 0 Å². The van der Waals surface area contributed by atoms with Crippen LogP contribution in [-0.2, 0) is 9.47 Å². The van der Waals surface area contributed by atoms with Crippen LogP contribution in [0.4, 0.5) is 0 Å². The first-order valence-corrected chi connectivity index (χ1v) is 5.57. The standard InChI is InChI=1S/C11H16N2O4/c1-7-5-8(6-16-2)17-10(7)13-4-3-9(14)12-11(13)15/h3-4,7-8,10H,5-6H2,1-2H3,(H,12,14,15)/t7-,8-,10+/m0/s1. The van der Waals surface area contributed by atoms with E-state index < -0.39 is 11.2 Å². The number of rotatable bonds is 3. The summed E-state index contributed by atoms with van der Waals surface area (Å²) in [5.74, 6) is 0.207. The van der Waals surface area contributed by atoms with E-state index in [1.807, 2.05) is 6.92 Å². The summed E-state index contributed by atoms with van der Waals surface area (Å²) < 4.78 is 12.2. The normalized spacial score (nSPS) is 28.5. The highest BCUT2D eigenvalue weighted by Crippen LogP contribution is 2.32. The van der Waals surface area contributed by atoms with Gasteiger partial charge < -0.3 is 9.47 Å². The number of nitrogens with one attached hydrogen (secondary N) is 1. The molecule has 0 radical (unpaired) electrons. The Bertz CT molecular complexity index is 493. The van der Waals surface area contributed by atoms with Crippen molar-refractivity contribution in [3.63, 3.8) is 0 Å². The first-order valence-electron chi connectivity index (χ1n) is 5.57. The van der Waals surface area contributed by atoms with Crippen molar-refractivity contribution in [3.05, 3.63) is 33.1 Å². The number of ether oxygens (including phenoxy) is 2. The fourth-order valence-corrected chi connectivity index (χ4v) is 2.18. The number of aromatic nitrogens is 2. The molecule has 1 aliphatic heterocycles. The maximum Gasteiger partial charge on any atom is 0.330 e. The molecule has 1 aliphatic rings.